The van der Waals surface area contributed by atoms with Crippen LogP contribution in [0, 0.1) is 5.92 Å². The quantitative estimate of drug-likeness (QED) is 0.759. The molecule has 19 heavy (non-hydrogen) atoms. The largest absolute Gasteiger partial charge is 0.507 e. The van der Waals surface area contributed by atoms with Gasteiger partial charge in [-0.15, -0.1) is 0 Å². The smallest absolute Gasteiger partial charge is 0.255 e. The number of rotatable bonds is 5. The van der Waals surface area contributed by atoms with Crippen molar-refractivity contribution in [2.24, 2.45) is 5.92 Å². The molecule has 0 heterocycles. The summed E-state index contributed by atoms with van der Waals surface area (Å²) in [5, 5.41) is 22.4. The Balaban J connectivity index is 2.20. The summed E-state index contributed by atoms with van der Waals surface area (Å²) in [6.07, 6.45) is 2.73. The highest BCUT2D eigenvalue weighted by atomic mass is 16.3. The predicted molar refractivity (Wildman–Crippen MR) is 73.2 cm³/mol. The number of phenols is 1. The molecule has 0 aliphatic heterocycles. The van der Waals surface area contributed by atoms with Gasteiger partial charge < -0.3 is 15.5 Å². The van der Waals surface area contributed by atoms with E-state index in [1.165, 1.54) is 0 Å². The van der Waals surface area contributed by atoms with Gasteiger partial charge in [-0.05, 0) is 43.7 Å². The molecule has 0 saturated heterocycles. The van der Waals surface area contributed by atoms with Crippen molar-refractivity contribution >= 4 is 5.91 Å². The summed E-state index contributed by atoms with van der Waals surface area (Å²) in [7, 11) is 0. The lowest BCUT2D eigenvalue weighted by molar-refractivity contribution is 0.0822. The van der Waals surface area contributed by atoms with E-state index in [-0.39, 0.29) is 23.8 Å². The minimum atomic E-state index is -0.592. The van der Waals surface area contributed by atoms with E-state index in [4.69, 9.17) is 0 Å². The molecule has 4 nitrogen and oxygen atoms in total. The first kappa shape index (κ1) is 13.9. The van der Waals surface area contributed by atoms with Gasteiger partial charge in [-0.1, -0.05) is 19.1 Å². The van der Waals surface area contributed by atoms with E-state index < -0.39 is 5.54 Å². The van der Waals surface area contributed by atoms with E-state index in [1.54, 1.807) is 18.2 Å². The van der Waals surface area contributed by atoms with E-state index in [0.29, 0.717) is 12.3 Å². The van der Waals surface area contributed by atoms with Crippen LogP contribution in [-0.2, 0) is 6.42 Å². The van der Waals surface area contributed by atoms with Crippen LogP contribution in [0.2, 0.25) is 0 Å². The summed E-state index contributed by atoms with van der Waals surface area (Å²) in [4.78, 5) is 12.3. The first-order valence-corrected chi connectivity index (χ1v) is 6.76. The Hall–Kier alpha value is -1.55. The Morgan fingerprint density at radius 2 is 2.16 bits per heavy atom. The highest BCUT2D eigenvalue weighted by Crippen LogP contribution is 2.39. The summed E-state index contributed by atoms with van der Waals surface area (Å²) in [5.41, 5.74) is 0.440. The summed E-state index contributed by atoms with van der Waals surface area (Å²) >= 11 is 0. The molecule has 0 radical (unpaired) electrons. The van der Waals surface area contributed by atoms with Crippen LogP contribution in [0.25, 0.3) is 0 Å². The summed E-state index contributed by atoms with van der Waals surface area (Å²) in [6.45, 7) is 3.69. The van der Waals surface area contributed by atoms with Crippen molar-refractivity contribution in [2.45, 2.75) is 38.6 Å². The van der Waals surface area contributed by atoms with Gasteiger partial charge in [0.25, 0.3) is 5.91 Å². The molecule has 0 bridgehead atoms. The second kappa shape index (κ2) is 5.21. The second-order valence-corrected chi connectivity index (χ2v) is 5.47. The zero-order valence-electron chi connectivity index (χ0n) is 11.4. The average molecular weight is 263 g/mol. The van der Waals surface area contributed by atoms with Crippen molar-refractivity contribution in [3.8, 4) is 5.75 Å². The van der Waals surface area contributed by atoms with Crippen molar-refractivity contribution in [3.05, 3.63) is 29.3 Å². The van der Waals surface area contributed by atoms with Crippen molar-refractivity contribution in [1.82, 2.24) is 5.32 Å². The topological polar surface area (TPSA) is 69.6 Å². The molecule has 1 atom stereocenters. The lowest BCUT2D eigenvalue weighted by Crippen LogP contribution is -2.50. The number of amides is 1. The molecule has 2 rings (SSSR count). The number of aryl methyl sites for hydroxylation is 1. The molecule has 1 aromatic rings. The minimum Gasteiger partial charge on any atom is -0.507 e. The van der Waals surface area contributed by atoms with Gasteiger partial charge in [-0.2, -0.15) is 0 Å². The third-order valence-corrected chi connectivity index (χ3v) is 3.95. The molecule has 1 fully saturated rings. The molecule has 1 aromatic carbocycles. The SMILES string of the molecule is CCc1cccc(C(=O)NC(C)(CO)C2CC2)c1O. The second-order valence-electron chi connectivity index (χ2n) is 5.47. The third kappa shape index (κ3) is 2.73. The molecule has 0 aromatic heterocycles. The fraction of sp³-hybridized carbons (Fsp3) is 0.533. The Morgan fingerprint density at radius 1 is 1.47 bits per heavy atom. The van der Waals surface area contributed by atoms with E-state index in [9.17, 15) is 15.0 Å². The molecule has 3 N–H and O–H groups in total. The first-order valence-electron chi connectivity index (χ1n) is 6.76. The van der Waals surface area contributed by atoms with Gasteiger partial charge >= 0.3 is 0 Å². The maximum atomic E-state index is 12.3. The van der Waals surface area contributed by atoms with E-state index in [0.717, 1.165) is 18.4 Å². The van der Waals surface area contributed by atoms with Crippen LogP contribution in [0.3, 0.4) is 0 Å². The standard InChI is InChI=1S/C15H21NO3/c1-3-10-5-4-6-12(13(10)18)14(19)16-15(2,9-17)11-7-8-11/h4-6,11,17-18H,3,7-9H2,1-2H3,(H,16,19). The monoisotopic (exact) mass is 263 g/mol. The number of phenolic OH excluding ortho intramolecular Hbond substituents is 1. The molecule has 0 spiro atoms. The Kier molecular flexibility index (Phi) is 3.80. The van der Waals surface area contributed by atoms with Gasteiger partial charge in [-0.3, -0.25) is 4.79 Å². The highest BCUT2D eigenvalue weighted by Gasteiger charge is 2.42. The van der Waals surface area contributed by atoms with E-state index in [1.807, 2.05) is 13.8 Å². The zero-order valence-corrected chi connectivity index (χ0v) is 11.4. The van der Waals surface area contributed by atoms with Crippen molar-refractivity contribution < 1.29 is 15.0 Å². The molecule has 1 aliphatic rings. The fourth-order valence-electron chi connectivity index (χ4n) is 2.38. The van der Waals surface area contributed by atoms with Gasteiger partial charge in [0.15, 0.2) is 0 Å². The number of carbonyl (C=O) groups excluding carboxylic acids is 1. The summed E-state index contributed by atoms with van der Waals surface area (Å²) in [6, 6.07) is 5.17. The van der Waals surface area contributed by atoms with Crippen molar-refractivity contribution in [1.29, 1.82) is 0 Å². The van der Waals surface area contributed by atoms with Crippen LogP contribution in [-0.4, -0.2) is 28.3 Å². The molecular weight excluding hydrogens is 242 g/mol. The average Bonchev–Trinajstić information content (AvgIpc) is 3.23. The number of para-hydroxylation sites is 1. The van der Waals surface area contributed by atoms with Crippen LogP contribution in [0.4, 0.5) is 0 Å². The number of aliphatic hydroxyl groups is 1. The van der Waals surface area contributed by atoms with Gasteiger partial charge in [0.2, 0.25) is 0 Å². The molecule has 1 aliphatic carbocycles. The normalized spacial score (nSPS) is 17.8. The van der Waals surface area contributed by atoms with Crippen LogP contribution in [0.1, 0.15) is 42.6 Å². The maximum absolute atomic E-state index is 12.3. The fourth-order valence-corrected chi connectivity index (χ4v) is 2.38. The van der Waals surface area contributed by atoms with Crippen LogP contribution in [0.5, 0.6) is 5.75 Å². The third-order valence-electron chi connectivity index (χ3n) is 3.95. The molecule has 104 valence electrons. The lowest BCUT2D eigenvalue weighted by atomic mass is 9.96. The molecule has 4 heteroatoms. The van der Waals surface area contributed by atoms with Crippen molar-refractivity contribution in [3.63, 3.8) is 0 Å². The van der Waals surface area contributed by atoms with E-state index in [2.05, 4.69) is 5.32 Å². The number of hydrogen-bond donors (Lipinski definition) is 3. The summed E-state index contributed by atoms with van der Waals surface area (Å²) < 4.78 is 0. The number of hydrogen-bond acceptors (Lipinski definition) is 3. The number of carbonyl (C=O) groups is 1. The van der Waals surface area contributed by atoms with Gasteiger partial charge in [-0.25, -0.2) is 0 Å². The van der Waals surface area contributed by atoms with Gasteiger partial charge in [0, 0.05) is 0 Å². The number of aromatic hydroxyl groups is 1. The van der Waals surface area contributed by atoms with Gasteiger partial charge in [0.05, 0.1) is 17.7 Å². The summed E-state index contributed by atoms with van der Waals surface area (Å²) in [5.74, 6) is 0.0489. The number of benzene rings is 1. The minimum absolute atomic E-state index is 0.0404. The Labute approximate surface area is 113 Å². The molecule has 1 amide bonds. The molecule has 1 unspecified atom stereocenters. The van der Waals surface area contributed by atoms with Gasteiger partial charge in [0.1, 0.15) is 5.75 Å². The van der Waals surface area contributed by atoms with Crippen molar-refractivity contribution in [2.75, 3.05) is 6.61 Å². The first-order chi connectivity index (χ1) is 9.01. The maximum Gasteiger partial charge on any atom is 0.255 e. The number of aliphatic hydroxyl groups excluding tert-OH is 1. The predicted octanol–water partition coefficient (Wildman–Crippen LogP) is 1.85. The Morgan fingerprint density at radius 3 is 2.68 bits per heavy atom. The zero-order chi connectivity index (χ0) is 14.0. The lowest BCUT2D eigenvalue weighted by Gasteiger charge is -2.29. The Bertz CT molecular complexity index is 482. The number of nitrogens with one attached hydrogen (secondary N) is 1. The van der Waals surface area contributed by atoms with Crippen LogP contribution < -0.4 is 5.32 Å². The molecule has 1 saturated carbocycles. The van der Waals surface area contributed by atoms with E-state index >= 15 is 0 Å². The molecular formula is C15H21NO3. The van der Waals surface area contributed by atoms with Crippen LogP contribution in [0.15, 0.2) is 18.2 Å². The highest BCUT2D eigenvalue weighted by molar-refractivity contribution is 5.97. The van der Waals surface area contributed by atoms with Crippen LogP contribution >= 0.6 is 0 Å².